The van der Waals surface area contributed by atoms with Gasteiger partial charge in [-0.3, -0.25) is 9.59 Å². The molecule has 160 valence electrons. The highest BCUT2D eigenvalue weighted by Crippen LogP contribution is 2.39. The Bertz CT molecular complexity index is 937. The van der Waals surface area contributed by atoms with Gasteiger partial charge in [0.25, 0.3) is 0 Å². The lowest BCUT2D eigenvalue weighted by Gasteiger charge is -2.39. The number of rotatable bonds is 7. The quantitative estimate of drug-likeness (QED) is 0.454. The van der Waals surface area contributed by atoms with E-state index in [0.29, 0.717) is 13.1 Å². The molecule has 1 aliphatic rings. The van der Waals surface area contributed by atoms with Crippen molar-refractivity contribution >= 4 is 34.8 Å². The molecular weight excluding hydrogens is 416 g/mol. The first-order valence-electron chi connectivity index (χ1n) is 10.2. The van der Waals surface area contributed by atoms with Crippen molar-refractivity contribution in [3.05, 3.63) is 69.9 Å². The third-order valence-electron chi connectivity index (χ3n) is 5.65. The number of nitrogens with zero attached hydrogens (tertiary/aromatic N) is 2. The van der Waals surface area contributed by atoms with E-state index in [4.69, 9.17) is 11.6 Å². The first kappa shape index (κ1) is 22.6. The van der Waals surface area contributed by atoms with Crippen LogP contribution in [0.3, 0.4) is 0 Å². The lowest BCUT2D eigenvalue weighted by Crippen LogP contribution is -2.49. The Morgan fingerprint density at radius 3 is 2.70 bits per heavy atom. The van der Waals surface area contributed by atoms with Crippen LogP contribution in [-0.4, -0.2) is 47.1 Å². The van der Waals surface area contributed by atoms with Crippen LogP contribution in [0.2, 0.25) is 0 Å². The maximum Gasteiger partial charge on any atom is 0.243 e. The van der Waals surface area contributed by atoms with Crippen LogP contribution < -0.4 is 0 Å². The van der Waals surface area contributed by atoms with Gasteiger partial charge in [-0.05, 0) is 55.3 Å². The SMILES string of the molecule is C=CCN(CC(=O)N1CCc2sccc2C1c1ccccc1C)C(=O)C(C)(C)CCl. The fourth-order valence-corrected chi connectivity index (χ4v) is 4.95. The van der Waals surface area contributed by atoms with E-state index in [2.05, 4.69) is 37.1 Å². The number of hydrogen-bond acceptors (Lipinski definition) is 3. The van der Waals surface area contributed by atoms with Crippen molar-refractivity contribution in [2.24, 2.45) is 5.41 Å². The summed E-state index contributed by atoms with van der Waals surface area (Å²) in [6.07, 6.45) is 2.49. The molecular formula is C24H29ClN2O2S. The topological polar surface area (TPSA) is 40.6 Å². The molecule has 6 heteroatoms. The number of amides is 2. The van der Waals surface area contributed by atoms with Gasteiger partial charge < -0.3 is 9.80 Å². The van der Waals surface area contributed by atoms with Crippen LogP contribution in [0, 0.1) is 12.3 Å². The highest BCUT2D eigenvalue weighted by molar-refractivity contribution is 7.10. The van der Waals surface area contributed by atoms with Gasteiger partial charge in [0.1, 0.15) is 6.54 Å². The van der Waals surface area contributed by atoms with E-state index in [1.165, 1.54) is 10.4 Å². The van der Waals surface area contributed by atoms with Crippen molar-refractivity contribution in [1.29, 1.82) is 0 Å². The van der Waals surface area contributed by atoms with Crippen molar-refractivity contribution in [3.8, 4) is 0 Å². The average molecular weight is 445 g/mol. The summed E-state index contributed by atoms with van der Waals surface area (Å²) >= 11 is 7.76. The third-order valence-corrected chi connectivity index (χ3v) is 7.31. The van der Waals surface area contributed by atoms with Crippen molar-refractivity contribution in [2.45, 2.75) is 33.2 Å². The Hall–Kier alpha value is -2.11. The smallest absolute Gasteiger partial charge is 0.243 e. The Kier molecular flexibility index (Phi) is 7.04. The summed E-state index contributed by atoms with van der Waals surface area (Å²) < 4.78 is 0. The molecule has 2 aromatic rings. The molecule has 4 nitrogen and oxygen atoms in total. The molecule has 3 rings (SSSR count). The van der Waals surface area contributed by atoms with Gasteiger partial charge in [-0.1, -0.05) is 30.3 Å². The van der Waals surface area contributed by atoms with E-state index in [-0.39, 0.29) is 30.3 Å². The van der Waals surface area contributed by atoms with E-state index in [9.17, 15) is 9.59 Å². The summed E-state index contributed by atoms with van der Waals surface area (Å²) in [4.78, 5) is 31.3. The van der Waals surface area contributed by atoms with Crippen LogP contribution in [0.1, 0.15) is 41.5 Å². The first-order chi connectivity index (χ1) is 14.3. The summed E-state index contributed by atoms with van der Waals surface area (Å²) in [6.45, 7) is 10.4. The van der Waals surface area contributed by atoms with Gasteiger partial charge in [0.15, 0.2) is 0 Å². The molecule has 30 heavy (non-hydrogen) atoms. The summed E-state index contributed by atoms with van der Waals surface area (Å²) in [5, 5.41) is 2.10. The second kappa shape index (κ2) is 9.36. The molecule has 1 atom stereocenters. The molecule has 0 aliphatic carbocycles. The van der Waals surface area contributed by atoms with Gasteiger partial charge in [-0.2, -0.15) is 0 Å². The molecule has 2 heterocycles. The summed E-state index contributed by atoms with van der Waals surface area (Å²) in [6, 6.07) is 10.2. The van der Waals surface area contributed by atoms with Crippen molar-refractivity contribution in [3.63, 3.8) is 0 Å². The monoisotopic (exact) mass is 444 g/mol. The zero-order valence-electron chi connectivity index (χ0n) is 17.9. The van der Waals surface area contributed by atoms with Gasteiger partial charge in [0, 0.05) is 23.8 Å². The van der Waals surface area contributed by atoms with Crippen LogP contribution in [0.25, 0.3) is 0 Å². The predicted octanol–water partition coefficient (Wildman–Crippen LogP) is 4.81. The number of fused-ring (bicyclic) bond motifs is 1. The van der Waals surface area contributed by atoms with E-state index in [0.717, 1.165) is 17.5 Å². The van der Waals surface area contributed by atoms with Crippen LogP contribution in [0.4, 0.5) is 0 Å². The second-order valence-corrected chi connectivity index (χ2v) is 9.66. The van der Waals surface area contributed by atoms with Crippen molar-refractivity contribution in [1.82, 2.24) is 9.80 Å². The van der Waals surface area contributed by atoms with E-state index >= 15 is 0 Å². The molecule has 1 aromatic carbocycles. The largest absolute Gasteiger partial charge is 0.330 e. The van der Waals surface area contributed by atoms with Crippen molar-refractivity contribution < 1.29 is 9.59 Å². The van der Waals surface area contributed by atoms with Crippen LogP contribution in [0.15, 0.2) is 48.4 Å². The fourth-order valence-electron chi connectivity index (χ4n) is 3.93. The van der Waals surface area contributed by atoms with Crippen LogP contribution in [-0.2, 0) is 16.0 Å². The number of halogens is 1. The van der Waals surface area contributed by atoms with Crippen molar-refractivity contribution in [2.75, 3.05) is 25.5 Å². The highest BCUT2D eigenvalue weighted by atomic mass is 35.5. The zero-order valence-corrected chi connectivity index (χ0v) is 19.4. The minimum absolute atomic E-state index is 0.0209. The van der Waals surface area contributed by atoms with Gasteiger partial charge in [-0.15, -0.1) is 29.5 Å². The summed E-state index contributed by atoms with van der Waals surface area (Å²) in [5.74, 6) is 0.00804. The molecule has 1 unspecified atom stereocenters. The molecule has 0 saturated carbocycles. The maximum absolute atomic E-state index is 13.5. The molecule has 0 spiro atoms. The molecule has 0 N–H and O–H groups in total. The molecule has 1 aliphatic heterocycles. The molecule has 1 aromatic heterocycles. The predicted molar refractivity (Wildman–Crippen MR) is 124 cm³/mol. The Balaban J connectivity index is 1.92. The minimum atomic E-state index is -0.733. The van der Waals surface area contributed by atoms with Gasteiger partial charge in [0.05, 0.1) is 11.5 Å². The molecule has 0 bridgehead atoms. The lowest BCUT2D eigenvalue weighted by atomic mass is 9.90. The Morgan fingerprint density at radius 2 is 2.03 bits per heavy atom. The minimum Gasteiger partial charge on any atom is -0.330 e. The Labute approximate surface area is 188 Å². The zero-order chi connectivity index (χ0) is 21.9. The van der Waals surface area contributed by atoms with Crippen LogP contribution in [0.5, 0.6) is 0 Å². The van der Waals surface area contributed by atoms with Gasteiger partial charge >= 0.3 is 0 Å². The third kappa shape index (κ3) is 4.47. The van der Waals surface area contributed by atoms with E-state index < -0.39 is 5.41 Å². The molecule has 0 fully saturated rings. The summed E-state index contributed by atoms with van der Waals surface area (Å²) in [7, 11) is 0. The van der Waals surface area contributed by atoms with Gasteiger partial charge in [0.2, 0.25) is 11.8 Å². The average Bonchev–Trinajstić information content (AvgIpc) is 3.21. The molecule has 0 saturated heterocycles. The highest BCUT2D eigenvalue weighted by Gasteiger charge is 2.36. The number of aryl methyl sites for hydroxylation is 1. The molecule has 0 radical (unpaired) electrons. The Morgan fingerprint density at radius 1 is 1.30 bits per heavy atom. The van der Waals surface area contributed by atoms with E-state index in [1.807, 2.05) is 17.0 Å². The van der Waals surface area contributed by atoms with E-state index in [1.54, 1.807) is 36.2 Å². The number of hydrogen-bond donors (Lipinski definition) is 0. The first-order valence-corrected chi connectivity index (χ1v) is 11.6. The maximum atomic E-state index is 13.5. The number of carbonyl (C=O) groups is 2. The van der Waals surface area contributed by atoms with Gasteiger partial charge in [-0.25, -0.2) is 0 Å². The summed E-state index contributed by atoms with van der Waals surface area (Å²) in [5.41, 5.74) is 2.74. The number of carbonyl (C=O) groups excluding carboxylic acids is 2. The fraction of sp³-hybridized carbons (Fsp3) is 0.417. The standard InChI is InChI=1S/C24H29ClN2O2S/c1-5-12-26(23(29)24(3,4)16-25)15-21(28)27-13-10-20-19(11-14-30-20)22(27)18-9-7-6-8-17(18)2/h5-9,11,14,22H,1,10,12-13,15-16H2,2-4H3. The number of benzene rings is 1. The number of alkyl halides is 1. The second-order valence-electron chi connectivity index (χ2n) is 8.39. The normalized spacial score (nSPS) is 16.1. The van der Waals surface area contributed by atoms with Crippen LogP contribution >= 0.6 is 22.9 Å². The number of thiophene rings is 1. The molecule has 2 amide bonds. The lowest BCUT2D eigenvalue weighted by molar-refractivity contribution is -0.145.